The Balaban J connectivity index is 1.76. The lowest BCUT2D eigenvalue weighted by Gasteiger charge is -2.36. The van der Waals surface area contributed by atoms with Crippen LogP contribution in [0.15, 0.2) is 18.7 Å². The topological polar surface area (TPSA) is 44.8 Å². The molecule has 1 aromatic carbocycles. The van der Waals surface area contributed by atoms with E-state index in [1.54, 1.807) is 13.2 Å². The molecule has 1 saturated carbocycles. The summed E-state index contributed by atoms with van der Waals surface area (Å²) in [5, 5.41) is 0. The van der Waals surface area contributed by atoms with E-state index in [-0.39, 0.29) is 11.6 Å². The molecule has 0 aromatic heterocycles. The van der Waals surface area contributed by atoms with Crippen LogP contribution in [0.1, 0.15) is 70.3 Å². The Bertz CT molecular complexity index is 635. The second-order valence-corrected chi connectivity index (χ2v) is 8.28. The maximum Gasteiger partial charge on any atom is 0.306 e. The highest BCUT2D eigenvalue weighted by Gasteiger charge is 2.33. The minimum Gasteiger partial charge on any atom is -0.493 e. The average Bonchev–Trinajstić information content (AvgIpc) is 2.68. The van der Waals surface area contributed by atoms with E-state index in [1.807, 2.05) is 12.1 Å². The smallest absolute Gasteiger partial charge is 0.306 e. The first-order valence-corrected chi connectivity index (χ1v) is 11.0. The summed E-state index contributed by atoms with van der Waals surface area (Å²) in [6.07, 6.45) is 10.3. The lowest BCUT2D eigenvalue weighted by atomic mass is 9.83. The molecule has 1 aromatic rings. The number of halogens is 1. The van der Waals surface area contributed by atoms with Gasteiger partial charge < -0.3 is 14.2 Å². The molecule has 0 radical (unpaired) electrons. The van der Waals surface area contributed by atoms with Crippen molar-refractivity contribution in [1.29, 1.82) is 0 Å². The fraction of sp³-hybridized carbons (Fsp3) is 0.591. The number of rotatable bonds is 10. The van der Waals surface area contributed by atoms with Crippen LogP contribution in [-0.4, -0.2) is 25.3 Å². The van der Waals surface area contributed by atoms with Gasteiger partial charge in [-0.3, -0.25) is 4.79 Å². The average molecular weight is 486 g/mol. The van der Waals surface area contributed by atoms with Gasteiger partial charge in [-0.05, 0) is 85.2 Å². The fourth-order valence-electron chi connectivity index (χ4n) is 3.56. The first-order valence-electron chi connectivity index (χ1n) is 9.88. The SMILES string of the molecule is C=Cc1cc(I)c(OCCCCC(=O)OC2(CC)CCCCC2)c(OC)c1. The number of unbranched alkanes of at least 4 members (excludes halogenated alkanes) is 1. The molecule has 1 aliphatic carbocycles. The van der Waals surface area contributed by atoms with Gasteiger partial charge in [0, 0.05) is 6.42 Å². The van der Waals surface area contributed by atoms with Crippen LogP contribution in [-0.2, 0) is 9.53 Å². The van der Waals surface area contributed by atoms with Crippen LogP contribution < -0.4 is 9.47 Å². The van der Waals surface area contributed by atoms with Crippen LogP contribution in [0.2, 0.25) is 0 Å². The molecule has 4 nitrogen and oxygen atoms in total. The van der Waals surface area contributed by atoms with Gasteiger partial charge in [-0.2, -0.15) is 0 Å². The standard InChI is InChI=1S/C22H31IO4/c1-4-17-15-18(23)21(19(16-17)25-3)26-14-10-7-11-20(24)27-22(5-2)12-8-6-9-13-22/h4,15-16H,1,5-14H2,2-3H3. The highest BCUT2D eigenvalue weighted by Crippen LogP contribution is 2.35. The zero-order valence-corrected chi connectivity index (χ0v) is 18.7. The Morgan fingerprint density at radius 3 is 2.63 bits per heavy atom. The number of carbonyl (C=O) groups excluding carboxylic acids is 1. The van der Waals surface area contributed by atoms with Crippen molar-refractivity contribution in [2.75, 3.05) is 13.7 Å². The summed E-state index contributed by atoms with van der Waals surface area (Å²) in [6, 6.07) is 3.92. The molecule has 27 heavy (non-hydrogen) atoms. The van der Waals surface area contributed by atoms with Gasteiger partial charge in [-0.15, -0.1) is 0 Å². The van der Waals surface area contributed by atoms with Crippen molar-refractivity contribution < 1.29 is 19.0 Å². The van der Waals surface area contributed by atoms with E-state index in [9.17, 15) is 4.79 Å². The number of methoxy groups -OCH3 is 1. The second-order valence-electron chi connectivity index (χ2n) is 7.12. The lowest BCUT2D eigenvalue weighted by Crippen LogP contribution is -2.36. The number of ether oxygens (including phenoxy) is 3. The van der Waals surface area contributed by atoms with Gasteiger partial charge in [0.25, 0.3) is 0 Å². The van der Waals surface area contributed by atoms with Crippen molar-refractivity contribution in [3.05, 3.63) is 27.8 Å². The van der Waals surface area contributed by atoms with E-state index in [0.29, 0.717) is 18.8 Å². The van der Waals surface area contributed by atoms with Gasteiger partial charge in [0.1, 0.15) is 5.60 Å². The molecule has 0 saturated heterocycles. The van der Waals surface area contributed by atoms with Gasteiger partial charge in [0.15, 0.2) is 11.5 Å². The van der Waals surface area contributed by atoms with Crippen molar-refractivity contribution in [1.82, 2.24) is 0 Å². The molecule has 0 heterocycles. The van der Waals surface area contributed by atoms with Crippen LogP contribution in [0.4, 0.5) is 0 Å². The first kappa shape index (κ1) is 22.1. The summed E-state index contributed by atoms with van der Waals surface area (Å²) in [4.78, 5) is 12.2. The Labute approximate surface area is 176 Å². The van der Waals surface area contributed by atoms with E-state index in [2.05, 4.69) is 36.1 Å². The van der Waals surface area contributed by atoms with Crippen LogP contribution in [0.25, 0.3) is 6.08 Å². The zero-order chi connectivity index (χ0) is 19.7. The lowest BCUT2D eigenvalue weighted by molar-refractivity contribution is -0.164. The number of hydrogen-bond acceptors (Lipinski definition) is 4. The molecule has 0 N–H and O–H groups in total. The predicted molar refractivity (Wildman–Crippen MR) is 117 cm³/mol. The minimum absolute atomic E-state index is 0.0683. The van der Waals surface area contributed by atoms with Gasteiger partial charge in [-0.25, -0.2) is 0 Å². The summed E-state index contributed by atoms with van der Waals surface area (Å²) < 4.78 is 18.2. The normalized spacial score (nSPS) is 15.8. The highest BCUT2D eigenvalue weighted by molar-refractivity contribution is 14.1. The molecule has 0 bridgehead atoms. The Hall–Kier alpha value is -1.24. The summed E-state index contributed by atoms with van der Waals surface area (Å²) in [6.45, 7) is 6.46. The highest BCUT2D eigenvalue weighted by atomic mass is 127. The van der Waals surface area contributed by atoms with Crippen LogP contribution in [0, 0.1) is 3.57 Å². The Kier molecular flexibility index (Phi) is 8.93. The van der Waals surface area contributed by atoms with Crippen LogP contribution in [0.3, 0.4) is 0 Å². The van der Waals surface area contributed by atoms with Crippen molar-refractivity contribution >= 4 is 34.6 Å². The molecular formula is C22H31IO4. The molecule has 0 spiro atoms. The zero-order valence-electron chi connectivity index (χ0n) is 16.5. The molecule has 1 aliphatic rings. The molecule has 5 heteroatoms. The van der Waals surface area contributed by atoms with Crippen LogP contribution in [0.5, 0.6) is 11.5 Å². The first-order chi connectivity index (χ1) is 13.0. The molecule has 0 aliphatic heterocycles. The molecule has 2 rings (SSSR count). The summed E-state index contributed by atoms with van der Waals surface area (Å²) >= 11 is 2.24. The third kappa shape index (κ3) is 6.40. The largest absolute Gasteiger partial charge is 0.493 e. The van der Waals surface area contributed by atoms with Gasteiger partial charge in [0.05, 0.1) is 17.3 Å². The van der Waals surface area contributed by atoms with E-state index >= 15 is 0 Å². The fourth-order valence-corrected chi connectivity index (χ4v) is 4.34. The molecule has 0 amide bonds. The molecule has 1 fully saturated rings. The maximum atomic E-state index is 12.2. The molecule has 0 atom stereocenters. The molecular weight excluding hydrogens is 455 g/mol. The summed E-state index contributed by atoms with van der Waals surface area (Å²) in [5.74, 6) is 1.39. The van der Waals surface area contributed by atoms with Crippen molar-refractivity contribution in [3.63, 3.8) is 0 Å². The van der Waals surface area contributed by atoms with Crippen molar-refractivity contribution in [2.24, 2.45) is 0 Å². The van der Waals surface area contributed by atoms with Gasteiger partial charge in [0.2, 0.25) is 0 Å². The Morgan fingerprint density at radius 2 is 2.00 bits per heavy atom. The monoisotopic (exact) mass is 486 g/mol. The quantitative estimate of drug-likeness (QED) is 0.226. The second kappa shape index (κ2) is 10.9. The maximum absolute atomic E-state index is 12.2. The van der Waals surface area contributed by atoms with Crippen molar-refractivity contribution in [2.45, 2.75) is 70.3 Å². The Morgan fingerprint density at radius 1 is 1.26 bits per heavy atom. The number of carbonyl (C=O) groups is 1. The van der Waals surface area contributed by atoms with E-state index in [1.165, 1.54) is 19.3 Å². The third-order valence-corrected chi connectivity index (χ3v) is 6.05. The number of hydrogen-bond donors (Lipinski definition) is 0. The van der Waals surface area contributed by atoms with E-state index < -0.39 is 0 Å². The predicted octanol–water partition coefficient (Wildman–Crippen LogP) is 6.15. The number of benzene rings is 1. The molecule has 150 valence electrons. The minimum atomic E-state index is -0.206. The van der Waals surface area contributed by atoms with E-state index in [4.69, 9.17) is 14.2 Å². The van der Waals surface area contributed by atoms with Gasteiger partial charge >= 0.3 is 5.97 Å². The van der Waals surface area contributed by atoms with Gasteiger partial charge in [-0.1, -0.05) is 26.0 Å². The summed E-state index contributed by atoms with van der Waals surface area (Å²) in [7, 11) is 1.63. The van der Waals surface area contributed by atoms with Crippen molar-refractivity contribution in [3.8, 4) is 11.5 Å². The third-order valence-electron chi connectivity index (χ3n) is 5.25. The number of esters is 1. The van der Waals surface area contributed by atoms with E-state index in [0.717, 1.165) is 47.0 Å². The summed E-state index contributed by atoms with van der Waals surface area (Å²) in [5.41, 5.74) is 0.793. The molecule has 0 unspecified atom stereocenters. The van der Waals surface area contributed by atoms with Crippen LogP contribution >= 0.6 is 22.6 Å².